The predicted molar refractivity (Wildman–Crippen MR) is 68.1 cm³/mol. The van der Waals surface area contributed by atoms with Gasteiger partial charge in [-0.05, 0) is 18.8 Å². The number of ether oxygens (including phenoxy) is 1. The predicted octanol–water partition coefficient (Wildman–Crippen LogP) is 3.25. The fraction of sp³-hybridized carbons (Fsp3) is 0.538. The zero-order valence-corrected chi connectivity index (χ0v) is 10.7. The van der Waals surface area contributed by atoms with Crippen molar-refractivity contribution in [3.05, 3.63) is 17.9 Å². The van der Waals surface area contributed by atoms with Gasteiger partial charge in [0.2, 0.25) is 0 Å². The third kappa shape index (κ3) is 3.24. The van der Waals surface area contributed by atoms with E-state index < -0.39 is 18.2 Å². The first-order valence-corrected chi connectivity index (χ1v) is 6.26. The van der Waals surface area contributed by atoms with Crippen LogP contribution in [-0.4, -0.2) is 19.7 Å². The van der Waals surface area contributed by atoms with Crippen LogP contribution in [0, 0.1) is 11.7 Å². The van der Waals surface area contributed by atoms with Crippen LogP contribution in [0.4, 0.5) is 24.5 Å². The van der Waals surface area contributed by atoms with E-state index in [9.17, 15) is 13.2 Å². The van der Waals surface area contributed by atoms with Crippen LogP contribution in [0.3, 0.4) is 0 Å². The molecule has 0 saturated carbocycles. The van der Waals surface area contributed by atoms with Crippen LogP contribution in [0.25, 0.3) is 0 Å². The topological polar surface area (TPSA) is 38.5 Å². The third-order valence-corrected chi connectivity index (χ3v) is 3.42. The van der Waals surface area contributed by atoms with Crippen LogP contribution in [0.1, 0.15) is 19.8 Å². The van der Waals surface area contributed by atoms with Gasteiger partial charge in [0, 0.05) is 25.2 Å². The standard InChI is InChI=1S/C13H17F3N2O/c1-8-2-4-18(5-3-8)11-7-12(19-13(15)16)9(14)6-10(11)17/h6-8,13H,2-5,17H2,1H3. The maximum atomic E-state index is 13.5. The molecule has 0 spiro atoms. The van der Waals surface area contributed by atoms with E-state index in [0.29, 0.717) is 11.6 Å². The molecule has 6 heteroatoms. The van der Waals surface area contributed by atoms with Crippen molar-refractivity contribution in [3.8, 4) is 5.75 Å². The Balaban J connectivity index is 2.24. The molecule has 1 fully saturated rings. The number of benzene rings is 1. The molecule has 1 heterocycles. The number of rotatable bonds is 3. The Morgan fingerprint density at radius 3 is 2.53 bits per heavy atom. The number of nitrogens with zero attached hydrogens (tertiary/aromatic N) is 1. The lowest BCUT2D eigenvalue weighted by Crippen LogP contribution is -2.33. The van der Waals surface area contributed by atoms with Crippen LogP contribution in [0.5, 0.6) is 5.75 Å². The molecule has 1 aliphatic rings. The molecule has 0 atom stereocenters. The highest BCUT2D eigenvalue weighted by Crippen LogP contribution is 2.34. The molecular weight excluding hydrogens is 257 g/mol. The summed E-state index contributed by atoms with van der Waals surface area (Å²) in [7, 11) is 0. The Morgan fingerprint density at radius 2 is 1.95 bits per heavy atom. The van der Waals surface area contributed by atoms with Gasteiger partial charge in [0.25, 0.3) is 0 Å². The largest absolute Gasteiger partial charge is 0.432 e. The monoisotopic (exact) mass is 274 g/mol. The minimum atomic E-state index is -3.05. The fourth-order valence-electron chi connectivity index (χ4n) is 2.27. The number of hydrogen-bond donors (Lipinski definition) is 1. The van der Waals surface area contributed by atoms with Crippen LogP contribution >= 0.6 is 0 Å². The van der Waals surface area contributed by atoms with E-state index in [0.717, 1.165) is 32.0 Å². The van der Waals surface area contributed by atoms with Gasteiger partial charge in [0.1, 0.15) is 0 Å². The summed E-state index contributed by atoms with van der Waals surface area (Å²) in [5.74, 6) is -0.695. The molecule has 1 aliphatic heterocycles. The molecule has 0 amide bonds. The normalized spacial score (nSPS) is 17.0. The minimum Gasteiger partial charge on any atom is -0.432 e. The molecule has 106 valence electrons. The van der Waals surface area contributed by atoms with Crippen molar-refractivity contribution in [2.75, 3.05) is 23.7 Å². The van der Waals surface area contributed by atoms with Crippen LogP contribution in [0.15, 0.2) is 12.1 Å². The van der Waals surface area contributed by atoms with E-state index in [-0.39, 0.29) is 5.69 Å². The van der Waals surface area contributed by atoms with Crippen molar-refractivity contribution in [3.63, 3.8) is 0 Å². The highest BCUT2D eigenvalue weighted by atomic mass is 19.3. The average molecular weight is 274 g/mol. The number of anilines is 2. The van der Waals surface area contributed by atoms with Crippen molar-refractivity contribution in [2.24, 2.45) is 5.92 Å². The maximum absolute atomic E-state index is 13.5. The Hall–Kier alpha value is -1.59. The molecule has 2 N–H and O–H groups in total. The van der Waals surface area contributed by atoms with Crippen LogP contribution in [0.2, 0.25) is 0 Å². The Morgan fingerprint density at radius 1 is 1.32 bits per heavy atom. The summed E-state index contributed by atoms with van der Waals surface area (Å²) in [4.78, 5) is 1.98. The van der Waals surface area contributed by atoms with Gasteiger partial charge in [-0.25, -0.2) is 4.39 Å². The van der Waals surface area contributed by atoms with Crippen molar-refractivity contribution < 1.29 is 17.9 Å². The SMILES string of the molecule is CC1CCN(c2cc(OC(F)F)c(F)cc2N)CC1. The molecule has 2 rings (SSSR count). The van der Waals surface area contributed by atoms with Gasteiger partial charge in [-0.2, -0.15) is 8.78 Å². The summed E-state index contributed by atoms with van der Waals surface area (Å²) < 4.78 is 42.0. The number of nitrogen functional groups attached to an aromatic ring is 1. The van der Waals surface area contributed by atoms with E-state index in [1.54, 1.807) is 0 Å². The Bertz CT molecular complexity index is 446. The molecule has 19 heavy (non-hydrogen) atoms. The Kier molecular flexibility index (Phi) is 4.07. The van der Waals surface area contributed by atoms with Gasteiger partial charge >= 0.3 is 6.61 Å². The first-order chi connectivity index (χ1) is 8.97. The molecule has 1 aromatic rings. The second-order valence-corrected chi connectivity index (χ2v) is 4.89. The molecule has 0 aromatic heterocycles. The van der Waals surface area contributed by atoms with Gasteiger partial charge < -0.3 is 15.4 Å². The zero-order chi connectivity index (χ0) is 14.0. The van der Waals surface area contributed by atoms with Gasteiger partial charge in [-0.1, -0.05) is 6.92 Å². The number of piperidine rings is 1. The average Bonchev–Trinajstić information content (AvgIpc) is 2.33. The lowest BCUT2D eigenvalue weighted by atomic mass is 9.98. The first kappa shape index (κ1) is 13.8. The van der Waals surface area contributed by atoms with Gasteiger partial charge in [-0.3, -0.25) is 0 Å². The first-order valence-electron chi connectivity index (χ1n) is 6.26. The van der Waals surface area contributed by atoms with E-state index in [2.05, 4.69) is 11.7 Å². The summed E-state index contributed by atoms with van der Waals surface area (Å²) in [6.45, 7) is 0.680. The molecule has 0 bridgehead atoms. The summed E-state index contributed by atoms with van der Waals surface area (Å²) in [5, 5.41) is 0. The highest BCUT2D eigenvalue weighted by molar-refractivity contribution is 5.70. The van der Waals surface area contributed by atoms with Crippen molar-refractivity contribution >= 4 is 11.4 Å². The van der Waals surface area contributed by atoms with Crippen LogP contribution in [-0.2, 0) is 0 Å². The lowest BCUT2D eigenvalue weighted by molar-refractivity contribution is -0.0521. The number of hydrogen-bond acceptors (Lipinski definition) is 3. The van der Waals surface area contributed by atoms with Gasteiger partial charge in [0.05, 0.1) is 11.4 Å². The van der Waals surface area contributed by atoms with Crippen molar-refractivity contribution in [1.82, 2.24) is 0 Å². The lowest BCUT2D eigenvalue weighted by Gasteiger charge is -2.33. The molecule has 3 nitrogen and oxygen atoms in total. The third-order valence-electron chi connectivity index (χ3n) is 3.42. The summed E-state index contributed by atoms with van der Waals surface area (Å²) >= 11 is 0. The quantitative estimate of drug-likeness (QED) is 0.860. The van der Waals surface area contributed by atoms with Gasteiger partial charge in [0.15, 0.2) is 11.6 Å². The second-order valence-electron chi connectivity index (χ2n) is 4.89. The zero-order valence-electron chi connectivity index (χ0n) is 10.7. The fourth-order valence-corrected chi connectivity index (χ4v) is 2.27. The molecular formula is C13H17F3N2O. The number of alkyl halides is 2. The van der Waals surface area contributed by atoms with Crippen LogP contribution < -0.4 is 15.4 Å². The maximum Gasteiger partial charge on any atom is 0.387 e. The minimum absolute atomic E-state index is 0.244. The second kappa shape index (κ2) is 5.59. The molecule has 0 radical (unpaired) electrons. The molecule has 0 unspecified atom stereocenters. The highest BCUT2D eigenvalue weighted by Gasteiger charge is 2.20. The molecule has 1 saturated heterocycles. The van der Waals surface area contributed by atoms with Crippen molar-refractivity contribution in [2.45, 2.75) is 26.4 Å². The number of nitrogens with two attached hydrogens (primary N) is 1. The molecule has 1 aromatic carbocycles. The van der Waals surface area contributed by atoms with E-state index in [1.165, 1.54) is 6.07 Å². The van der Waals surface area contributed by atoms with E-state index in [1.807, 2.05) is 4.90 Å². The summed E-state index contributed by atoms with van der Waals surface area (Å²) in [5.41, 5.74) is 6.57. The summed E-state index contributed by atoms with van der Waals surface area (Å²) in [6, 6.07) is 2.29. The Labute approximate surface area is 110 Å². The summed E-state index contributed by atoms with van der Waals surface area (Å²) in [6.07, 6.45) is 2.00. The van der Waals surface area contributed by atoms with Crippen molar-refractivity contribution in [1.29, 1.82) is 0 Å². The van der Waals surface area contributed by atoms with Gasteiger partial charge in [-0.15, -0.1) is 0 Å². The van der Waals surface area contributed by atoms with E-state index in [4.69, 9.17) is 5.73 Å². The number of halogens is 3. The van der Waals surface area contributed by atoms with E-state index >= 15 is 0 Å². The smallest absolute Gasteiger partial charge is 0.387 e. The molecule has 0 aliphatic carbocycles.